The van der Waals surface area contributed by atoms with Gasteiger partial charge in [-0.2, -0.15) is 13.2 Å². The average molecular weight is 227 g/mol. The van der Waals surface area contributed by atoms with E-state index in [1.54, 1.807) is 0 Å². The molecule has 1 saturated heterocycles. The van der Waals surface area contributed by atoms with Gasteiger partial charge in [0.25, 0.3) is 0 Å². The molecule has 84 valence electrons. The Morgan fingerprint density at radius 1 is 1.31 bits per heavy atom. The number of aromatic nitrogens is 2. The SMILES string of the molecule is [B]c1cnc(N2CCC(C(F)(F)F)C2)nc1. The number of rotatable bonds is 1. The van der Waals surface area contributed by atoms with Crippen molar-refractivity contribution in [2.45, 2.75) is 12.6 Å². The zero-order valence-corrected chi connectivity index (χ0v) is 8.41. The normalized spacial score (nSPS) is 21.4. The van der Waals surface area contributed by atoms with Crippen LogP contribution in [0.2, 0.25) is 0 Å². The van der Waals surface area contributed by atoms with Crippen LogP contribution in [0, 0.1) is 5.92 Å². The Balaban J connectivity index is 2.06. The van der Waals surface area contributed by atoms with E-state index in [9.17, 15) is 13.2 Å². The molecular formula is C9H9BF3N3. The second-order valence-corrected chi connectivity index (χ2v) is 3.79. The van der Waals surface area contributed by atoms with E-state index in [2.05, 4.69) is 9.97 Å². The van der Waals surface area contributed by atoms with Gasteiger partial charge in [-0.15, -0.1) is 0 Å². The van der Waals surface area contributed by atoms with Gasteiger partial charge < -0.3 is 4.90 Å². The van der Waals surface area contributed by atoms with E-state index < -0.39 is 12.1 Å². The summed E-state index contributed by atoms with van der Waals surface area (Å²) in [6.45, 7) is 0.252. The summed E-state index contributed by atoms with van der Waals surface area (Å²) in [4.78, 5) is 9.32. The van der Waals surface area contributed by atoms with Gasteiger partial charge in [0, 0.05) is 25.5 Å². The lowest BCUT2D eigenvalue weighted by Gasteiger charge is -2.17. The molecular weight excluding hydrogens is 218 g/mol. The number of alkyl halides is 3. The first-order chi connectivity index (χ1) is 7.47. The van der Waals surface area contributed by atoms with Crippen molar-refractivity contribution < 1.29 is 13.2 Å². The van der Waals surface area contributed by atoms with Gasteiger partial charge in [-0.05, 0) is 6.42 Å². The Morgan fingerprint density at radius 2 is 1.94 bits per heavy atom. The molecule has 2 heterocycles. The van der Waals surface area contributed by atoms with Gasteiger partial charge in [0.05, 0.1) is 5.92 Å². The monoisotopic (exact) mass is 227 g/mol. The standard InChI is InChI=1S/C9H9BF3N3/c10-7-3-14-8(15-4-7)16-2-1-6(5-16)9(11,12)13/h3-4,6H,1-2,5H2. The lowest BCUT2D eigenvalue weighted by Crippen LogP contribution is -2.28. The summed E-state index contributed by atoms with van der Waals surface area (Å²) >= 11 is 0. The lowest BCUT2D eigenvalue weighted by atomic mass is 10.0. The quantitative estimate of drug-likeness (QED) is 0.660. The topological polar surface area (TPSA) is 29.0 Å². The summed E-state index contributed by atoms with van der Waals surface area (Å²) < 4.78 is 37.3. The first-order valence-electron chi connectivity index (χ1n) is 4.86. The summed E-state index contributed by atoms with van der Waals surface area (Å²) in [5.41, 5.74) is 0.398. The number of hydrogen-bond acceptors (Lipinski definition) is 3. The molecule has 0 amide bonds. The van der Waals surface area contributed by atoms with E-state index in [1.807, 2.05) is 0 Å². The van der Waals surface area contributed by atoms with E-state index in [4.69, 9.17) is 7.85 Å². The minimum Gasteiger partial charge on any atom is -0.340 e. The predicted octanol–water partition coefficient (Wildman–Crippen LogP) is 0.659. The Hall–Kier alpha value is -1.27. The Kier molecular flexibility index (Phi) is 2.77. The molecule has 1 unspecified atom stereocenters. The molecule has 0 N–H and O–H groups in total. The van der Waals surface area contributed by atoms with Gasteiger partial charge in [-0.25, -0.2) is 9.97 Å². The van der Waals surface area contributed by atoms with Crippen LogP contribution in [0.3, 0.4) is 0 Å². The van der Waals surface area contributed by atoms with Gasteiger partial charge in [-0.3, -0.25) is 0 Å². The molecule has 0 aliphatic carbocycles. The van der Waals surface area contributed by atoms with Gasteiger partial charge in [-0.1, -0.05) is 5.46 Å². The highest BCUT2D eigenvalue weighted by Gasteiger charge is 2.44. The molecule has 0 spiro atoms. The van der Waals surface area contributed by atoms with Crippen molar-refractivity contribution in [3.63, 3.8) is 0 Å². The molecule has 1 aromatic rings. The summed E-state index contributed by atoms with van der Waals surface area (Å²) in [5, 5.41) is 0. The van der Waals surface area contributed by atoms with Crippen LogP contribution in [0.15, 0.2) is 12.4 Å². The van der Waals surface area contributed by atoms with Crippen LogP contribution in [0.5, 0.6) is 0 Å². The number of anilines is 1. The number of hydrogen-bond donors (Lipinski definition) is 0. The van der Waals surface area contributed by atoms with Crippen molar-refractivity contribution in [2.75, 3.05) is 18.0 Å². The maximum Gasteiger partial charge on any atom is 0.393 e. The van der Waals surface area contributed by atoms with E-state index in [1.165, 1.54) is 17.3 Å². The predicted molar refractivity (Wildman–Crippen MR) is 53.8 cm³/mol. The molecule has 1 aliphatic rings. The minimum absolute atomic E-state index is 0.0760. The first-order valence-corrected chi connectivity index (χ1v) is 4.86. The third-order valence-electron chi connectivity index (χ3n) is 2.59. The average Bonchev–Trinajstić information content (AvgIpc) is 2.67. The van der Waals surface area contributed by atoms with E-state index in [0.29, 0.717) is 18.0 Å². The lowest BCUT2D eigenvalue weighted by molar-refractivity contribution is -0.168. The Labute approximate surface area is 92.1 Å². The van der Waals surface area contributed by atoms with Gasteiger partial charge >= 0.3 is 6.18 Å². The molecule has 0 bridgehead atoms. The third kappa shape index (κ3) is 2.28. The van der Waals surface area contributed by atoms with Gasteiger partial charge in [0.2, 0.25) is 5.95 Å². The smallest absolute Gasteiger partial charge is 0.340 e. The molecule has 1 atom stereocenters. The zero-order chi connectivity index (χ0) is 11.8. The van der Waals surface area contributed by atoms with Crippen LogP contribution in [-0.2, 0) is 0 Å². The van der Waals surface area contributed by atoms with Crippen LogP contribution in [0.25, 0.3) is 0 Å². The molecule has 0 saturated carbocycles. The summed E-state index contributed by atoms with van der Waals surface area (Å²) in [7, 11) is 5.40. The molecule has 1 aromatic heterocycles. The van der Waals surface area contributed by atoms with Crippen molar-refractivity contribution in [1.82, 2.24) is 9.97 Å². The highest BCUT2D eigenvalue weighted by molar-refractivity contribution is 6.31. The first kappa shape index (κ1) is 11.2. The highest BCUT2D eigenvalue weighted by Crippen LogP contribution is 2.34. The Bertz CT molecular complexity index is 365. The van der Waals surface area contributed by atoms with Crippen LogP contribution in [-0.4, -0.2) is 37.1 Å². The maximum absolute atomic E-state index is 12.4. The summed E-state index contributed by atoms with van der Waals surface area (Å²) in [5.74, 6) is -0.977. The van der Waals surface area contributed by atoms with E-state index in [0.717, 1.165) is 0 Å². The van der Waals surface area contributed by atoms with Crippen molar-refractivity contribution in [3.8, 4) is 0 Å². The second kappa shape index (κ2) is 3.95. The minimum atomic E-state index is -4.14. The molecule has 0 aromatic carbocycles. The maximum atomic E-state index is 12.4. The van der Waals surface area contributed by atoms with Gasteiger partial charge in [0.15, 0.2) is 0 Å². The second-order valence-electron chi connectivity index (χ2n) is 3.79. The fourth-order valence-electron chi connectivity index (χ4n) is 1.70. The molecule has 1 fully saturated rings. The summed E-state index contributed by atoms with van der Waals surface area (Å²) in [6, 6.07) is 0. The van der Waals surface area contributed by atoms with Crippen LogP contribution < -0.4 is 10.4 Å². The molecule has 2 radical (unpaired) electrons. The van der Waals surface area contributed by atoms with Crippen molar-refractivity contribution in [1.29, 1.82) is 0 Å². The Morgan fingerprint density at radius 3 is 2.44 bits per heavy atom. The number of halogens is 3. The third-order valence-corrected chi connectivity index (χ3v) is 2.59. The molecule has 7 heteroatoms. The molecule has 1 aliphatic heterocycles. The molecule has 16 heavy (non-hydrogen) atoms. The number of nitrogens with zero attached hydrogens (tertiary/aromatic N) is 3. The van der Waals surface area contributed by atoms with Crippen molar-refractivity contribution in [2.24, 2.45) is 5.92 Å². The van der Waals surface area contributed by atoms with Crippen molar-refractivity contribution >= 4 is 19.3 Å². The van der Waals surface area contributed by atoms with Crippen LogP contribution in [0.4, 0.5) is 19.1 Å². The molecule has 2 rings (SSSR count). The fraction of sp³-hybridized carbons (Fsp3) is 0.556. The van der Waals surface area contributed by atoms with Crippen LogP contribution in [0.1, 0.15) is 6.42 Å². The fourth-order valence-corrected chi connectivity index (χ4v) is 1.70. The van der Waals surface area contributed by atoms with Crippen LogP contribution >= 0.6 is 0 Å². The highest BCUT2D eigenvalue weighted by atomic mass is 19.4. The van der Waals surface area contributed by atoms with E-state index in [-0.39, 0.29) is 13.0 Å². The van der Waals surface area contributed by atoms with Crippen molar-refractivity contribution in [3.05, 3.63) is 12.4 Å². The van der Waals surface area contributed by atoms with Gasteiger partial charge in [0.1, 0.15) is 7.85 Å². The largest absolute Gasteiger partial charge is 0.393 e. The van der Waals surface area contributed by atoms with E-state index >= 15 is 0 Å². The zero-order valence-electron chi connectivity index (χ0n) is 8.41. The molecule has 3 nitrogen and oxygen atoms in total. The summed E-state index contributed by atoms with van der Waals surface area (Å²) in [6.07, 6.45) is -1.26.